The van der Waals surface area contributed by atoms with Gasteiger partial charge in [0.25, 0.3) is 0 Å². The Bertz CT molecular complexity index is 1070. The number of hydrogen-bond donors (Lipinski definition) is 4. The fourth-order valence-electron chi connectivity index (χ4n) is 3.96. The molecule has 4 atom stereocenters. The molecule has 4 N–H and O–H groups in total. The molecule has 14 heteroatoms. The Labute approximate surface area is 197 Å². The summed E-state index contributed by atoms with van der Waals surface area (Å²) in [6, 6.07) is 5.29. The van der Waals surface area contributed by atoms with Gasteiger partial charge in [0.2, 0.25) is 17.7 Å². The van der Waals surface area contributed by atoms with Gasteiger partial charge >= 0.3 is 6.03 Å². The maximum atomic E-state index is 13.2. The van der Waals surface area contributed by atoms with E-state index >= 15 is 0 Å². The maximum Gasteiger partial charge on any atom is 0.322 e. The number of tetrazole rings is 1. The van der Waals surface area contributed by atoms with Gasteiger partial charge in [-0.3, -0.25) is 19.7 Å². The van der Waals surface area contributed by atoms with Crippen molar-refractivity contribution in [1.29, 1.82) is 0 Å². The molecular formula is C19H21ClN8O4S. The highest BCUT2D eigenvalue weighted by Gasteiger charge is 2.63. The fraction of sp³-hybridized carbons (Fsp3) is 0.421. The number of hydrogen-bond acceptors (Lipinski definition) is 8. The minimum atomic E-state index is -1.14. The molecule has 0 saturated carbocycles. The SMILES string of the molecule is CC1(C)S[C@H]2C(NC(=O)C(NC(=O)NC(=O)CCl)c3ccccc3)C(=O)N2C1c1nn[nH]n1. The lowest BCUT2D eigenvalue weighted by Crippen LogP contribution is -2.68. The molecule has 174 valence electrons. The minimum absolute atomic E-state index is 0.283. The number of carbonyl (C=O) groups is 4. The maximum absolute atomic E-state index is 13.2. The monoisotopic (exact) mass is 492 g/mol. The van der Waals surface area contributed by atoms with Crippen LogP contribution in [-0.4, -0.2) is 71.3 Å². The van der Waals surface area contributed by atoms with Gasteiger partial charge < -0.3 is 15.5 Å². The predicted molar refractivity (Wildman–Crippen MR) is 118 cm³/mol. The molecule has 1 aromatic carbocycles. The molecule has 12 nitrogen and oxygen atoms in total. The van der Waals surface area contributed by atoms with Gasteiger partial charge in [0.15, 0.2) is 5.82 Å². The Balaban J connectivity index is 1.50. The molecule has 33 heavy (non-hydrogen) atoms. The van der Waals surface area contributed by atoms with E-state index in [0.29, 0.717) is 11.4 Å². The van der Waals surface area contributed by atoms with Crippen LogP contribution in [0.15, 0.2) is 30.3 Å². The van der Waals surface area contributed by atoms with Crippen molar-refractivity contribution in [2.24, 2.45) is 0 Å². The Morgan fingerprint density at radius 1 is 1.27 bits per heavy atom. The van der Waals surface area contributed by atoms with Crippen LogP contribution in [0.5, 0.6) is 0 Å². The van der Waals surface area contributed by atoms with Crippen LogP contribution in [0.4, 0.5) is 4.79 Å². The van der Waals surface area contributed by atoms with Gasteiger partial charge in [-0.1, -0.05) is 35.5 Å². The molecule has 3 heterocycles. The lowest BCUT2D eigenvalue weighted by Gasteiger charge is -2.44. The Hall–Kier alpha value is -3.19. The Kier molecular flexibility index (Phi) is 6.26. The first-order valence-electron chi connectivity index (χ1n) is 9.98. The van der Waals surface area contributed by atoms with Crippen molar-refractivity contribution in [3.8, 4) is 0 Å². The van der Waals surface area contributed by atoms with Crippen molar-refractivity contribution < 1.29 is 19.2 Å². The first-order chi connectivity index (χ1) is 15.7. The van der Waals surface area contributed by atoms with Crippen molar-refractivity contribution in [3.05, 3.63) is 41.7 Å². The molecule has 2 aromatic rings. The highest BCUT2D eigenvalue weighted by molar-refractivity contribution is 8.01. The van der Waals surface area contributed by atoms with Crippen LogP contribution in [0, 0.1) is 0 Å². The van der Waals surface area contributed by atoms with Crippen molar-refractivity contribution in [2.75, 3.05) is 5.88 Å². The number of β-lactam (4-membered cyclic amide) rings is 1. The summed E-state index contributed by atoms with van der Waals surface area (Å²) in [7, 11) is 0. The van der Waals surface area contributed by atoms with Gasteiger partial charge in [-0.25, -0.2) is 4.79 Å². The summed E-state index contributed by atoms with van der Waals surface area (Å²) in [4.78, 5) is 51.4. The van der Waals surface area contributed by atoms with Crippen LogP contribution >= 0.6 is 23.4 Å². The second-order valence-electron chi connectivity index (χ2n) is 8.02. The average Bonchev–Trinajstić information content (AvgIpc) is 3.40. The van der Waals surface area contributed by atoms with E-state index in [9.17, 15) is 19.2 Å². The number of benzene rings is 1. The summed E-state index contributed by atoms with van der Waals surface area (Å²) < 4.78 is -0.414. The largest absolute Gasteiger partial charge is 0.340 e. The van der Waals surface area contributed by atoms with Gasteiger partial charge in [0, 0.05) is 4.75 Å². The van der Waals surface area contributed by atoms with Gasteiger partial charge in [-0.15, -0.1) is 33.6 Å². The first kappa shape index (κ1) is 23.0. The molecule has 2 aliphatic heterocycles. The van der Waals surface area contributed by atoms with E-state index in [2.05, 4.69) is 31.3 Å². The number of H-pyrrole nitrogens is 1. The molecule has 1 aromatic heterocycles. The molecule has 0 spiro atoms. The summed E-state index contributed by atoms with van der Waals surface area (Å²) in [5, 5.41) is 21.0. The topological polar surface area (TPSA) is 162 Å². The van der Waals surface area contributed by atoms with Crippen molar-refractivity contribution in [3.63, 3.8) is 0 Å². The van der Waals surface area contributed by atoms with Crippen LogP contribution in [0.3, 0.4) is 0 Å². The van der Waals surface area contributed by atoms with E-state index in [0.717, 1.165) is 0 Å². The third-order valence-electron chi connectivity index (χ3n) is 5.39. The lowest BCUT2D eigenvalue weighted by molar-refractivity contribution is -0.152. The Morgan fingerprint density at radius 3 is 2.64 bits per heavy atom. The van der Waals surface area contributed by atoms with Crippen molar-refractivity contribution >= 4 is 47.1 Å². The standard InChI is InChI=1S/C19H21ClN8O4S/c1-19(2)13(14-24-26-27-25-14)28-16(31)12(17(28)33-19)22-15(30)11(9-6-4-3-5-7-9)23-18(32)21-10(29)8-20/h3-7,11-13,17H,8H2,1-2H3,(H,22,30)(H2,21,23,29,32)(H,24,25,26,27)/t11?,12?,13?,17-/m0/s1. The van der Waals surface area contributed by atoms with Gasteiger partial charge in [-0.05, 0) is 19.4 Å². The van der Waals surface area contributed by atoms with Crippen LogP contribution in [0.1, 0.15) is 37.3 Å². The van der Waals surface area contributed by atoms with E-state index in [4.69, 9.17) is 11.6 Å². The van der Waals surface area contributed by atoms with Crippen molar-refractivity contribution in [2.45, 2.75) is 42.1 Å². The van der Waals surface area contributed by atoms with Crippen LogP contribution in [0.2, 0.25) is 0 Å². The molecule has 4 rings (SSSR count). The van der Waals surface area contributed by atoms with E-state index in [1.54, 1.807) is 35.2 Å². The van der Waals surface area contributed by atoms with Gasteiger partial charge in [0.1, 0.15) is 29.4 Å². The number of fused-ring (bicyclic) bond motifs is 1. The van der Waals surface area contributed by atoms with Gasteiger partial charge in [-0.2, -0.15) is 5.21 Å². The number of nitrogens with one attached hydrogen (secondary N) is 4. The third-order valence-corrected chi connectivity index (χ3v) is 7.20. The highest BCUT2D eigenvalue weighted by atomic mass is 35.5. The summed E-state index contributed by atoms with van der Waals surface area (Å²) in [5.74, 6) is -1.58. The highest BCUT2D eigenvalue weighted by Crippen LogP contribution is 2.56. The number of halogens is 1. The Morgan fingerprint density at radius 2 is 2.00 bits per heavy atom. The molecular weight excluding hydrogens is 472 g/mol. The third kappa shape index (κ3) is 4.37. The molecule has 2 saturated heterocycles. The molecule has 0 bridgehead atoms. The van der Waals surface area contributed by atoms with E-state index in [-0.39, 0.29) is 11.3 Å². The second kappa shape index (κ2) is 8.98. The van der Waals surface area contributed by atoms with Crippen molar-refractivity contribution in [1.82, 2.24) is 41.5 Å². The van der Waals surface area contributed by atoms with Crippen LogP contribution in [0.25, 0.3) is 0 Å². The first-order valence-corrected chi connectivity index (χ1v) is 11.4. The zero-order valence-corrected chi connectivity index (χ0v) is 19.2. The quantitative estimate of drug-likeness (QED) is 0.329. The van der Waals surface area contributed by atoms with E-state index in [1.807, 2.05) is 19.2 Å². The summed E-state index contributed by atoms with van der Waals surface area (Å²) in [6.07, 6.45) is 0. The molecule has 0 aliphatic carbocycles. The fourth-order valence-corrected chi connectivity index (χ4v) is 5.66. The second-order valence-corrected chi connectivity index (χ2v) is 10.1. The lowest BCUT2D eigenvalue weighted by atomic mass is 9.95. The molecule has 2 fully saturated rings. The average molecular weight is 493 g/mol. The van der Waals surface area contributed by atoms with Gasteiger partial charge in [0.05, 0.1) is 0 Å². The van der Waals surface area contributed by atoms with Crippen LogP contribution in [-0.2, 0) is 14.4 Å². The number of aromatic nitrogens is 4. The predicted octanol–water partition coefficient (Wildman–Crippen LogP) is 0.225. The van der Waals surface area contributed by atoms with E-state index in [1.165, 1.54) is 11.8 Å². The smallest absolute Gasteiger partial charge is 0.322 e. The number of carbonyl (C=O) groups excluding carboxylic acids is 4. The van der Waals surface area contributed by atoms with E-state index < -0.39 is 46.6 Å². The molecule has 2 aliphatic rings. The molecule has 5 amide bonds. The molecule has 0 radical (unpaired) electrons. The number of imide groups is 1. The number of urea groups is 1. The van der Waals surface area contributed by atoms with Crippen LogP contribution < -0.4 is 16.0 Å². The number of alkyl halides is 1. The number of thioether (sulfide) groups is 1. The normalized spacial score (nSPS) is 23.8. The zero-order chi connectivity index (χ0) is 23.8. The minimum Gasteiger partial charge on any atom is -0.340 e. The number of rotatable bonds is 6. The molecule has 3 unspecified atom stereocenters. The number of amides is 5. The summed E-state index contributed by atoms with van der Waals surface area (Å²) in [5.41, 5.74) is 0.483. The summed E-state index contributed by atoms with van der Waals surface area (Å²) in [6.45, 7) is 3.94. The number of aromatic amines is 1. The number of nitrogens with zero attached hydrogens (tertiary/aromatic N) is 4. The summed E-state index contributed by atoms with van der Waals surface area (Å²) >= 11 is 6.94. The zero-order valence-electron chi connectivity index (χ0n) is 17.6.